The van der Waals surface area contributed by atoms with Gasteiger partial charge in [-0.05, 0) is 29.5 Å². The van der Waals surface area contributed by atoms with Crippen LogP contribution in [0.4, 0.5) is 4.79 Å². The highest BCUT2D eigenvalue weighted by atomic mass is 16.3. The Hall–Kier alpha value is -2.33. The van der Waals surface area contributed by atoms with Gasteiger partial charge in [-0.1, -0.05) is 54.6 Å². The van der Waals surface area contributed by atoms with Crippen LogP contribution in [0, 0.1) is 0 Å². The van der Waals surface area contributed by atoms with E-state index in [4.69, 9.17) is 0 Å². The first-order valence-corrected chi connectivity index (χ1v) is 8.03. The lowest BCUT2D eigenvalue weighted by atomic mass is 9.78. The van der Waals surface area contributed by atoms with Crippen molar-refractivity contribution in [2.75, 3.05) is 13.2 Å². The summed E-state index contributed by atoms with van der Waals surface area (Å²) in [4.78, 5) is 12.0. The molecule has 0 aromatic heterocycles. The second-order valence-corrected chi connectivity index (χ2v) is 6.02. The molecule has 23 heavy (non-hydrogen) atoms. The summed E-state index contributed by atoms with van der Waals surface area (Å²) in [6.07, 6.45) is 1.64. The fraction of sp³-hybridized carbons (Fsp3) is 0.316. The fourth-order valence-electron chi connectivity index (χ4n) is 3.06. The van der Waals surface area contributed by atoms with Crippen LogP contribution in [-0.2, 0) is 12.8 Å². The molecule has 1 aliphatic rings. The maximum Gasteiger partial charge on any atom is 0.315 e. The van der Waals surface area contributed by atoms with E-state index in [0.717, 1.165) is 12.0 Å². The van der Waals surface area contributed by atoms with E-state index in [9.17, 15) is 9.90 Å². The molecule has 3 rings (SSSR count). The maximum atomic E-state index is 12.0. The third kappa shape index (κ3) is 3.90. The summed E-state index contributed by atoms with van der Waals surface area (Å²) in [5.41, 5.74) is 3.80. The quantitative estimate of drug-likeness (QED) is 0.766. The Morgan fingerprint density at radius 3 is 2.61 bits per heavy atom. The highest BCUT2D eigenvalue weighted by Crippen LogP contribution is 2.33. The Balaban J connectivity index is 1.45. The molecule has 0 radical (unpaired) electrons. The van der Waals surface area contributed by atoms with E-state index in [1.807, 2.05) is 42.5 Å². The van der Waals surface area contributed by atoms with Crippen molar-refractivity contribution < 1.29 is 9.90 Å². The average molecular weight is 310 g/mol. The van der Waals surface area contributed by atoms with Crippen LogP contribution in [0.2, 0.25) is 0 Å². The van der Waals surface area contributed by atoms with E-state index >= 15 is 0 Å². The lowest BCUT2D eigenvalue weighted by Crippen LogP contribution is -2.46. The van der Waals surface area contributed by atoms with Crippen LogP contribution in [-0.4, -0.2) is 30.3 Å². The van der Waals surface area contributed by atoms with Gasteiger partial charge >= 0.3 is 6.03 Å². The Morgan fingerprint density at radius 2 is 1.87 bits per heavy atom. The Kier molecular flexibility index (Phi) is 4.93. The van der Waals surface area contributed by atoms with Gasteiger partial charge in [0.15, 0.2) is 0 Å². The second kappa shape index (κ2) is 7.29. The van der Waals surface area contributed by atoms with E-state index in [0.29, 0.717) is 18.9 Å². The van der Waals surface area contributed by atoms with Crippen LogP contribution < -0.4 is 10.6 Å². The monoisotopic (exact) mass is 310 g/mol. The zero-order valence-electron chi connectivity index (χ0n) is 13.0. The maximum absolute atomic E-state index is 12.0. The first kappa shape index (κ1) is 15.6. The SMILES string of the molecule is O=C(NC[C@@H]1Cc2ccccc21)N[C@H](CO)Cc1ccccc1. The number of aliphatic hydroxyl groups is 1. The third-order valence-corrected chi connectivity index (χ3v) is 4.35. The minimum Gasteiger partial charge on any atom is -0.394 e. The van der Waals surface area contributed by atoms with Crippen molar-refractivity contribution in [1.82, 2.24) is 10.6 Å². The summed E-state index contributed by atoms with van der Waals surface area (Å²) in [6, 6.07) is 17.7. The van der Waals surface area contributed by atoms with E-state index in [1.165, 1.54) is 11.1 Å². The molecule has 2 atom stereocenters. The normalized spacial score (nSPS) is 16.8. The van der Waals surface area contributed by atoms with Crippen LogP contribution in [0.3, 0.4) is 0 Å². The molecular formula is C19H22N2O2. The molecule has 2 amide bonds. The number of aliphatic hydroxyl groups excluding tert-OH is 1. The van der Waals surface area contributed by atoms with Gasteiger partial charge in [-0.2, -0.15) is 0 Å². The number of amides is 2. The molecule has 0 unspecified atom stereocenters. The molecule has 4 heteroatoms. The van der Waals surface area contributed by atoms with Gasteiger partial charge in [-0.3, -0.25) is 0 Å². The molecule has 4 nitrogen and oxygen atoms in total. The van der Waals surface area contributed by atoms with Gasteiger partial charge in [0.1, 0.15) is 0 Å². The largest absolute Gasteiger partial charge is 0.394 e. The Bertz CT molecular complexity index is 657. The molecular weight excluding hydrogens is 288 g/mol. The zero-order chi connectivity index (χ0) is 16.1. The lowest BCUT2D eigenvalue weighted by Gasteiger charge is -2.30. The van der Waals surface area contributed by atoms with E-state index in [-0.39, 0.29) is 18.7 Å². The molecule has 120 valence electrons. The molecule has 0 saturated carbocycles. The molecule has 0 fully saturated rings. The van der Waals surface area contributed by atoms with Crippen molar-refractivity contribution >= 4 is 6.03 Å². The molecule has 2 aromatic carbocycles. The number of benzene rings is 2. The number of rotatable bonds is 6. The van der Waals surface area contributed by atoms with Gasteiger partial charge in [0, 0.05) is 12.5 Å². The minimum absolute atomic E-state index is 0.0748. The molecule has 0 aliphatic heterocycles. The molecule has 2 aromatic rings. The minimum atomic E-state index is -0.272. The van der Waals surface area contributed by atoms with Crippen LogP contribution in [0.15, 0.2) is 54.6 Å². The second-order valence-electron chi connectivity index (χ2n) is 6.02. The van der Waals surface area contributed by atoms with Gasteiger partial charge < -0.3 is 15.7 Å². The molecule has 3 N–H and O–H groups in total. The summed E-state index contributed by atoms with van der Waals surface area (Å²) >= 11 is 0. The number of urea groups is 1. The lowest BCUT2D eigenvalue weighted by molar-refractivity contribution is 0.215. The van der Waals surface area contributed by atoms with Crippen LogP contribution >= 0.6 is 0 Å². The Morgan fingerprint density at radius 1 is 1.13 bits per heavy atom. The zero-order valence-corrected chi connectivity index (χ0v) is 13.0. The number of hydrogen-bond acceptors (Lipinski definition) is 2. The Labute approximate surface area is 136 Å². The predicted octanol–water partition coefficient (Wildman–Crippen LogP) is 2.23. The summed E-state index contributed by atoms with van der Waals surface area (Å²) in [6.45, 7) is 0.556. The first-order chi connectivity index (χ1) is 11.3. The van der Waals surface area contributed by atoms with E-state index < -0.39 is 0 Å². The van der Waals surface area contributed by atoms with Crippen molar-refractivity contribution in [2.24, 2.45) is 0 Å². The number of fused-ring (bicyclic) bond motifs is 1. The highest BCUT2D eigenvalue weighted by molar-refractivity contribution is 5.74. The van der Waals surface area contributed by atoms with Gasteiger partial charge in [-0.15, -0.1) is 0 Å². The van der Waals surface area contributed by atoms with Crippen LogP contribution in [0.1, 0.15) is 22.6 Å². The van der Waals surface area contributed by atoms with E-state index in [1.54, 1.807) is 0 Å². The predicted molar refractivity (Wildman–Crippen MR) is 90.4 cm³/mol. The fourth-order valence-corrected chi connectivity index (χ4v) is 3.06. The van der Waals surface area contributed by atoms with Crippen molar-refractivity contribution in [2.45, 2.75) is 24.8 Å². The molecule has 0 bridgehead atoms. The topological polar surface area (TPSA) is 61.4 Å². The van der Waals surface area contributed by atoms with Gasteiger partial charge in [-0.25, -0.2) is 4.79 Å². The van der Waals surface area contributed by atoms with Crippen molar-refractivity contribution in [1.29, 1.82) is 0 Å². The van der Waals surface area contributed by atoms with Gasteiger partial charge in [0.2, 0.25) is 0 Å². The molecule has 1 aliphatic carbocycles. The van der Waals surface area contributed by atoms with Crippen LogP contribution in [0.25, 0.3) is 0 Å². The first-order valence-electron chi connectivity index (χ1n) is 8.03. The molecule has 0 spiro atoms. The summed E-state index contributed by atoms with van der Waals surface area (Å²) < 4.78 is 0. The number of carbonyl (C=O) groups excluding carboxylic acids is 1. The van der Waals surface area contributed by atoms with Crippen molar-refractivity contribution in [3.63, 3.8) is 0 Å². The summed E-state index contributed by atoms with van der Waals surface area (Å²) in [7, 11) is 0. The number of hydrogen-bond donors (Lipinski definition) is 3. The van der Waals surface area contributed by atoms with Crippen LogP contribution in [0.5, 0.6) is 0 Å². The number of nitrogens with one attached hydrogen (secondary N) is 2. The summed E-state index contributed by atoms with van der Waals surface area (Å²) in [5.74, 6) is 0.402. The molecule has 0 saturated heterocycles. The van der Waals surface area contributed by atoms with Gasteiger partial charge in [0.25, 0.3) is 0 Å². The average Bonchev–Trinajstić information content (AvgIpc) is 2.56. The standard InChI is InChI=1S/C19H22N2O2/c22-13-17(10-14-6-2-1-3-7-14)21-19(23)20-12-16-11-15-8-4-5-9-18(15)16/h1-9,16-17,22H,10-13H2,(H2,20,21,23)/t16-,17-/m0/s1. The molecule has 0 heterocycles. The van der Waals surface area contributed by atoms with Gasteiger partial charge in [0.05, 0.1) is 12.6 Å². The third-order valence-electron chi connectivity index (χ3n) is 4.35. The van der Waals surface area contributed by atoms with E-state index in [2.05, 4.69) is 22.8 Å². The number of carbonyl (C=O) groups is 1. The highest BCUT2D eigenvalue weighted by Gasteiger charge is 2.25. The van der Waals surface area contributed by atoms with Crippen molar-refractivity contribution in [3.05, 3.63) is 71.3 Å². The summed E-state index contributed by atoms with van der Waals surface area (Å²) in [5, 5.41) is 15.2. The van der Waals surface area contributed by atoms with Crippen molar-refractivity contribution in [3.8, 4) is 0 Å². The smallest absolute Gasteiger partial charge is 0.315 e.